The average Bonchev–Trinajstić information content (AvgIpc) is 2.67. The van der Waals surface area contributed by atoms with Gasteiger partial charge in [-0.15, -0.1) is 0 Å². The van der Waals surface area contributed by atoms with Crippen LogP contribution in [0.3, 0.4) is 0 Å². The van der Waals surface area contributed by atoms with Gasteiger partial charge in [-0.25, -0.2) is 4.79 Å². The lowest BCUT2D eigenvalue weighted by atomic mass is 10.0. The van der Waals surface area contributed by atoms with Gasteiger partial charge in [0.1, 0.15) is 0 Å². The van der Waals surface area contributed by atoms with Gasteiger partial charge in [-0.3, -0.25) is 9.59 Å². The summed E-state index contributed by atoms with van der Waals surface area (Å²) in [5.41, 5.74) is 4.94. The van der Waals surface area contributed by atoms with E-state index in [1.54, 1.807) is 24.3 Å². The van der Waals surface area contributed by atoms with Crippen LogP contribution in [0.1, 0.15) is 30.5 Å². The average molecular weight is 458 g/mol. The third-order valence-corrected chi connectivity index (χ3v) is 4.37. The van der Waals surface area contributed by atoms with Crippen molar-refractivity contribution in [2.45, 2.75) is 31.7 Å². The normalized spacial score (nSPS) is 13.1. The number of primary amides is 1. The molecule has 2 aromatic carbocycles. The molecule has 0 saturated heterocycles. The molecule has 0 fully saturated rings. The van der Waals surface area contributed by atoms with Crippen molar-refractivity contribution < 1.29 is 32.3 Å². The molecular weight excluding hydrogens is 439 g/mol. The first kappa shape index (κ1) is 24.0. The van der Waals surface area contributed by atoms with Crippen LogP contribution >= 0.6 is 11.6 Å². The summed E-state index contributed by atoms with van der Waals surface area (Å²) in [5, 5.41) is 5.23. The lowest BCUT2D eigenvalue weighted by molar-refractivity contribution is -0.153. The molecule has 166 valence electrons. The Morgan fingerprint density at radius 2 is 1.65 bits per heavy atom. The third kappa shape index (κ3) is 7.49. The van der Waals surface area contributed by atoms with E-state index in [0.29, 0.717) is 10.6 Å². The number of esters is 1. The van der Waals surface area contributed by atoms with Gasteiger partial charge in [0.2, 0.25) is 0 Å². The number of urea groups is 1. The maximum absolute atomic E-state index is 12.6. The zero-order valence-electron chi connectivity index (χ0n) is 16.2. The predicted molar refractivity (Wildman–Crippen MR) is 107 cm³/mol. The molecule has 0 bridgehead atoms. The highest BCUT2D eigenvalue weighted by Crippen LogP contribution is 2.29. The Balaban J connectivity index is 1.96. The van der Waals surface area contributed by atoms with Crippen LogP contribution < -0.4 is 16.4 Å². The van der Waals surface area contributed by atoms with E-state index < -0.39 is 41.8 Å². The van der Waals surface area contributed by atoms with Crippen molar-refractivity contribution in [3.8, 4) is 0 Å². The van der Waals surface area contributed by atoms with Gasteiger partial charge in [0.05, 0.1) is 18.0 Å². The SMILES string of the molecule is C[C@H](OC(=O)C[C@@H](NC(N)=O)c1ccc(Cl)cc1)C(=O)Nc1ccc(C(F)(F)F)cc1. The fraction of sp³-hybridized carbons (Fsp3) is 0.250. The smallest absolute Gasteiger partial charge is 0.416 e. The number of nitrogens with two attached hydrogens (primary N) is 1. The molecule has 0 saturated carbocycles. The largest absolute Gasteiger partial charge is 0.452 e. The van der Waals surface area contributed by atoms with E-state index in [9.17, 15) is 27.6 Å². The highest BCUT2D eigenvalue weighted by molar-refractivity contribution is 6.30. The minimum atomic E-state index is -4.50. The van der Waals surface area contributed by atoms with Gasteiger partial charge in [0, 0.05) is 10.7 Å². The second-order valence-electron chi connectivity index (χ2n) is 6.51. The van der Waals surface area contributed by atoms with Crippen LogP contribution in [0, 0.1) is 0 Å². The minimum absolute atomic E-state index is 0.107. The summed E-state index contributed by atoms with van der Waals surface area (Å²) in [6, 6.07) is 8.46. The van der Waals surface area contributed by atoms with Crippen LogP contribution in [-0.4, -0.2) is 24.0 Å². The molecule has 0 aliphatic rings. The molecule has 2 aromatic rings. The van der Waals surface area contributed by atoms with Crippen molar-refractivity contribution in [3.63, 3.8) is 0 Å². The van der Waals surface area contributed by atoms with Crippen molar-refractivity contribution in [2.75, 3.05) is 5.32 Å². The molecule has 0 aliphatic carbocycles. The number of hydrogen-bond donors (Lipinski definition) is 3. The van der Waals surface area contributed by atoms with Crippen molar-refractivity contribution >= 4 is 35.2 Å². The van der Waals surface area contributed by atoms with Crippen molar-refractivity contribution in [2.24, 2.45) is 5.73 Å². The summed E-state index contributed by atoms with van der Waals surface area (Å²) in [6.07, 6.45) is -6.05. The zero-order chi connectivity index (χ0) is 23.2. The second-order valence-corrected chi connectivity index (χ2v) is 6.95. The van der Waals surface area contributed by atoms with Gasteiger partial charge in [-0.05, 0) is 48.9 Å². The molecule has 2 atom stereocenters. The summed E-state index contributed by atoms with van der Waals surface area (Å²) < 4.78 is 42.9. The molecule has 0 heterocycles. The maximum Gasteiger partial charge on any atom is 0.416 e. The lowest BCUT2D eigenvalue weighted by Crippen LogP contribution is -2.36. The summed E-state index contributed by atoms with van der Waals surface area (Å²) in [6.45, 7) is 1.30. The molecule has 0 unspecified atom stereocenters. The van der Waals surface area contributed by atoms with E-state index in [2.05, 4.69) is 10.6 Å². The molecule has 31 heavy (non-hydrogen) atoms. The van der Waals surface area contributed by atoms with E-state index in [4.69, 9.17) is 22.1 Å². The van der Waals surface area contributed by atoms with Crippen LogP contribution in [0.5, 0.6) is 0 Å². The number of carbonyl (C=O) groups excluding carboxylic acids is 3. The van der Waals surface area contributed by atoms with Gasteiger partial charge in [0.15, 0.2) is 6.10 Å². The number of anilines is 1. The van der Waals surface area contributed by atoms with Crippen LogP contribution in [0.25, 0.3) is 0 Å². The van der Waals surface area contributed by atoms with Gasteiger partial charge in [0.25, 0.3) is 5.91 Å². The summed E-state index contributed by atoms with van der Waals surface area (Å²) in [4.78, 5) is 35.7. The standard InChI is InChI=1S/C20H19ClF3N3O4/c1-11(18(29)26-15-8-4-13(5-9-15)20(22,23)24)31-17(28)10-16(27-19(25)30)12-2-6-14(21)7-3-12/h2-9,11,16H,10H2,1H3,(H,26,29)(H3,25,27,30)/t11-,16+/m0/s1. The molecule has 0 aromatic heterocycles. The minimum Gasteiger partial charge on any atom is -0.452 e. The van der Waals surface area contributed by atoms with Gasteiger partial charge in [-0.1, -0.05) is 23.7 Å². The topological polar surface area (TPSA) is 111 Å². The first-order chi connectivity index (χ1) is 14.5. The number of halogens is 4. The third-order valence-electron chi connectivity index (χ3n) is 4.12. The highest BCUT2D eigenvalue weighted by atomic mass is 35.5. The van der Waals surface area contributed by atoms with Gasteiger partial charge < -0.3 is 21.1 Å². The van der Waals surface area contributed by atoms with E-state index >= 15 is 0 Å². The van der Waals surface area contributed by atoms with Crippen LogP contribution in [-0.2, 0) is 20.5 Å². The summed E-state index contributed by atoms with van der Waals surface area (Å²) >= 11 is 5.83. The van der Waals surface area contributed by atoms with Crippen LogP contribution in [0.2, 0.25) is 5.02 Å². The monoisotopic (exact) mass is 457 g/mol. The molecule has 7 nitrogen and oxygen atoms in total. The second kappa shape index (κ2) is 10.2. The van der Waals surface area contributed by atoms with Gasteiger partial charge >= 0.3 is 18.2 Å². The first-order valence-electron chi connectivity index (χ1n) is 8.94. The Morgan fingerprint density at radius 3 is 2.16 bits per heavy atom. The van der Waals surface area contributed by atoms with E-state index in [0.717, 1.165) is 24.3 Å². The fourth-order valence-corrected chi connectivity index (χ4v) is 2.70. The lowest BCUT2D eigenvalue weighted by Gasteiger charge is -2.19. The molecule has 11 heteroatoms. The molecule has 3 amide bonds. The maximum atomic E-state index is 12.6. The van der Waals surface area contributed by atoms with E-state index in [1.807, 2.05) is 0 Å². The Bertz CT molecular complexity index is 934. The number of alkyl halides is 3. The molecule has 0 aliphatic heterocycles. The van der Waals surface area contributed by atoms with E-state index in [-0.39, 0.29) is 12.1 Å². The summed E-state index contributed by atoms with van der Waals surface area (Å²) in [7, 11) is 0. The fourth-order valence-electron chi connectivity index (χ4n) is 2.57. The highest BCUT2D eigenvalue weighted by Gasteiger charge is 2.30. The number of ether oxygens (including phenoxy) is 1. The van der Waals surface area contributed by atoms with Crippen molar-refractivity contribution in [1.29, 1.82) is 0 Å². The summed E-state index contributed by atoms with van der Waals surface area (Å²) in [5.74, 6) is -1.54. The number of carbonyl (C=O) groups is 3. The Morgan fingerprint density at radius 1 is 1.06 bits per heavy atom. The number of nitrogens with one attached hydrogen (secondary N) is 2. The Labute approximate surface area is 180 Å². The molecule has 0 spiro atoms. The number of amides is 3. The van der Waals surface area contributed by atoms with Crippen molar-refractivity contribution in [1.82, 2.24) is 5.32 Å². The first-order valence-corrected chi connectivity index (χ1v) is 9.32. The van der Waals surface area contributed by atoms with Crippen LogP contribution in [0.4, 0.5) is 23.7 Å². The number of benzene rings is 2. The van der Waals surface area contributed by atoms with Crippen molar-refractivity contribution in [3.05, 3.63) is 64.7 Å². The molecule has 0 radical (unpaired) electrons. The van der Waals surface area contributed by atoms with Gasteiger partial charge in [-0.2, -0.15) is 13.2 Å². The Hall–Kier alpha value is -3.27. The predicted octanol–water partition coefficient (Wildman–Crippen LogP) is 4.03. The van der Waals surface area contributed by atoms with E-state index in [1.165, 1.54) is 6.92 Å². The zero-order valence-corrected chi connectivity index (χ0v) is 17.0. The Kier molecular flexibility index (Phi) is 7.87. The molecule has 2 rings (SSSR count). The van der Waals surface area contributed by atoms with Crippen LogP contribution in [0.15, 0.2) is 48.5 Å². The molecular formula is C20H19ClF3N3O4. The molecule has 4 N–H and O–H groups in total. The number of rotatable bonds is 7. The quantitative estimate of drug-likeness (QED) is 0.545. The number of hydrogen-bond acceptors (Lipinski definition) is 4.